The zero-order chi connectivity index (χ0) is 22.7. The lowest BCUT2D eigenvalue weighted by Crippen LogP contribution is -2.23. The summed E-state index contributed by atoms with van der Waals surface area (Å²) in [6, 6.07) is 18.9. The summed E-state index contributed by atoms with van der Waals surface area (Å²) < 4.78 is 1.92. The van der Waals surface area contributed by atoms with Crippen LogP contribution in [0.5, 0.6) is 0 Å². The molecule has 0 bridgehead atoms. The van der Waals surface area contributed by atoms with Crippen molar-refractivity contribution in [2.75, 3.05) is 5.32 Å². The van der Waals surface area contributed by atoms with Crippen LogP contribution >= 0.6 is 35.0 Å². The molecule has 162 valence electrons. The van der Waals surface area contributed by atoms with Crippen LogP contribution in [-0.2, 0) is 4.79 Å². The van der Waals surface area contributed by atoms with Crippen LogP contribution in [0.4, 0.5) is 5.69 Å². The lowest BCUT2D eigenvalue weighted by atomic mass is 10.1. The highest BCUT2D eigenvalue weighted by molar-refractivity contribution is 8.00. The molecule has 32 heavy (non-hydrogen) atoms. The Kier molecular flexibility index (Phi) is 6.79. The maximum atomic E-state index is 12.8. The number of nitrogens with one attached hydrogen (secondary N) is 1. The minimum Gasteiger partial charge on any atom is -0.322 e. The highest BCUT2D eigenvalue weighted by Gasteiger charge is 2.22. The van der Waals surface area contributed by atoms with Gasteiger partial charge in [-0.1, -0.05) is 64.8 Å². The monoisotopic (exact) mass is 483 g/mol. The minimum atomic E-state index is -0.465. The summed E-state index contributed by atoms with van der Waals surface area (Å²) >= 11 is 13.5. The Morgan fingerprint density at radius 1 is 1.03 bits per heavy atom. The topological polar surface area (TPSA) is 72.7 Å². The van der Waals surface area contributed by atoms with Gasteiger partial charge in [0.05, 0.1) is 10.9 Å². The molecule has 4 rings (SSSR count). The van der Waals surface area contributed by atoms with E-state index in [1.807, 2.05) is 60.0 Å². The van der Waals surface area contributed by atoms with Gasteiger partial charge in [0.1, 0.15) is 0 Å². The zero-order valence-corrected chi connectivity index (χ0v) is 19.6. The van der Waals surface area contributed by atoms with Crippen molar-refractivity contribution in [3.05, 3.63) is 82.6 Å². The van der Waals surface area contributed by atoms with E-state index >= 15 is 0 Å². The van der Waals surface area contributed by atoms with Crippen LogP contribution in [0.15, 0.2) is 72.0 Å². The van der Waals surface area contributed by atoms with Crippen molar-refractivity contribution < 1.29 is 4.79 Å². The van der Waals surface area contributed by atoms with E-state index in [2.05, 4.69) is 20.5 Å². The number of nitrogens with zero attached hydrogens (tertiary/aromatic N) is 4. The summed E-state index contributed by atoms with van der Waals surface area (Å²) in [4.78, 5) is 16.8. The Hall–Kier alpha value is -2.87. The molecule has 0 aliphatic carbocycles. The Labute approximate surface area is 200 Å². The fourth-order valence-corrected chi connectivity index (χ4v) is 4.14. The molecule has 9 heteroatoms. The molecule has 6 nitrogen and oxygen atoms in total. The summed E-state index contributed by atoms with van der Waals surface area (Å²) in [6.07, 6.45) is 1.57. The number of aryl methyl sites for hydroxylation is 1. The van der Waals surface area contributed by atoms with Crippen molar-refractivity contribution in [2.45, 2.75) is 24.3 Å². The van der Waals surface area contributed by atoms with Crippen LogP contribution in [0, 0.1) is 6.92 Å². The third-order valence-electron chi connectivity index (χ3n) is 4.70. The van der Waals surface area contributed by atoms with E-state index in [1.54, 1.807) is 25.3 Å². The zero-order valence-electron chi connectivity index (χ0n) is 17.3. The largest absolute Gasteiger partial charge is 0.322 e. The van der Waals surface area contributed by atoms with E-state index < -0.39 is 5.25 Å². The maximum absolute atomic E-state index is 12.8. The molecular weight excluding hydrogens is 465 g/mol. The van der Waals surface area contributed by atoms with Crippen molar-refractivity contribution in [1.29, 1.82) is 0 Å². The minimum absolute atomic E-state index is 0.215. The molecular formula is C23H19Cl2N5OS. The number of amides is 1. The second kappa shape index (κ2) is 9.73. The lowest BCUT2D eigenvalue weighted by Gasteiger charge is -2.14. The number of hydrogen-bond donors (Lipinski definition) is 1. The Morgan fingerprint density at radius 2 is 1.75 bits per heavy atom. The van der Waals surface area contributed by atoms with Gasteiger partial charge in [-0.3, -0.25) is 9.36 Å². The number of carbonyl (C=O) groups is 1. The highest BCUT2D eigenvalue weighted by atomic mass is 35.5. The number of halogens is 2. The van der Waals surface area contributed by atoms with E-state index in [0.29, 0.717) is 21.7 Å². The molecule has 4 aromatic rings. The normalized spacial score (nSPS) is 11.9. The molecule has 0 aliphatic rings. The molecule has 2 aromatic heterocycles. The van der Waals surface area contributed by atoms with E-state index in [0.717, 1.165) is 16.8 Å². The quantitative estimate of drug-likeness (QED) is 0.266. The average molecular weight is 484 g/mol. The molecule has 0 spiro atoms. The first-order valence-corrected chi connectivity index (χ1v) is 11.4. The van der Waals surface area contributed by atoms with Crippen LogP contribution < -0.4 is 5.32 Å². The molecule has 0 saturated heterocycles. The highest BCUT2D eigenvalue weighted by Crippen LogP contribution is 2.31. The Bertz CT molecular complexity index is 1240. The Morgan fingerprint density at radius 3 is 2.44 bits per heavy atom. The number of rotatable bonds is 6. The molecule has 0 radical (unpaired) electrons. The number of anilines is 1. The summed E-state index contributed by atoms with van der Waals surface area (Å²) in [6.45, 7) is 3.83. The van der Waals surface area contributed by atoms with Gasteiger partial charge in [0.25, 0.3) is 0 Å². The first-order valence-electron chi connectivity index (χ1n) is 9.79. The Balaban J connectivity index is 1.66. The van der Waals surface area contributed by atoms with Gasteiger partial charge in [-0.2, -0.15) is 0 Å². The van der Waals surface area contributed by atoms with Gasteiger partial charge in [0.15, 0.2) is 16.1 Å². The van der Waals surface area contributed by atoms with Crippen LogP contribution in [0.2, 0.25) is 10.2 Å². The van der Waals surface area contributed by atoms with Gasteiger partial charge < -0.3 is 5.32 Å². The van der Waals surface area contributed by atoms with Crippen molar-refractivity contribution >= 4 is 46.6 Å². The van der Waals surface area contributed by atoms with Crippen LogP contribution in [0.3, 0.4) is 0 Å². The van der Waals surface area contributed by atoms with Crippen LogP contribution in [-0.4, -0.2) is 30.9 Å². The molecule has 0 saturated carbocycles. The molecule has 0 fully saturated rings. The van der Waals surface area contributed by atoms with Crippen LogP contribution in [0.1, 0.15) is 12.5 Å². The van der Waals surface area contributed by atoms with Gasteiger partial charge in [0, 0.05) is 22.5 Å². The summed E-state index contributed by atoms with van der Waals surface area (Å²) in [7, 11) is 0. The predicted octanol–water partition coefficient (Wildman–Crippen LogP) is 6.06. The first-order chi connectivity index (χ1) is 15.4. The predicted molar refractivity (Wildman–Crippen MR) is 130 cm³/mol. The number of hydrogen-bond acceptors (Lipinski definition) is 5. The molecule has 2 heterocycles. The SMILES string of the molecule is Cc1ccc(-c2nnc(SC(C)C(=O)Nc3cccnc3Cl)n2-c2ccc(Cl)cc2)cc1. The number of pyridine rings is 1. The van der Waals surface area contributed by atoms with E-state index in [1.165, 1.54) is 11.8 Å². The second-order valence-electron chi connectivity index (χ2n) is 7.08. The first kappa shape index (κ1) is 22.3. The lowest BCUT2D eigenvalue weighted by molar-refractivity contribution is -0.115. The van der Waals surface area contributed by atoms with E-state index in [4.69, 9.17) is 23.2 Å². The third-order valence-corrected chi connectivity index (χ3v) is 6.29. The molecule has 1 atom stereocenters. The number of aromatic nitrogens is 4. The van der Waals surface area contributed by atoms with Crippen molar-refractivity contribution in [3.8, 4) is 17.1 Å². The van der Waals surface area contributed by atoms with Gasteiger partial charge in [-0.05, 0) is 50.2 Å². The fraction of sp³-hybridized carbons (Fsp3) is 0.130. The third kappa shape index (κ3) is 4.96. The van der Waals surface area contributed by atoms with E-state index in [9.17, 15) is 4.79 Å². The molecule has 0 aliphatic heterocycles. The number of thioether (sulfide) groups is 1. The molecule has 1 unspecified atom stereocenters. The average Bonchev–Trinajstić information content (AvgIpc) is 3.19. The molecule has 2 aromatic carbocycles. The van der Waals surface area contributed by atoms with Crippen molar-refractivity contribution in [3.63, 3.8) is 0 Å². The summed E-state index contributed by atoms with van der Waals surface area (Å²) in [5.74, 6) is 0.463. The summed E-state index contributed by atoms with van der Waals surface area (Å²) in [5, 5.41) is 12.6. The number of benzene rings is 2. The summed E-state index contributed by atoms with van der Waals surface area (Å²) in [5.41, 5.74) is 3.39. The van der Waals surface area contributed by atoms with Gasteiger partial charge in [-0.25, -0.2) is 4.98 Å². The second-order valence-corrected chi connectivity index (χ2v) is 9.18. The van der Waals surface area contributed by atoms with Crippen molar-refractivity contribution in [2.24, 2.45) is 0 Å². The fourth-order valence-electron chi connectivity index (χ4n) is 2.98. The smallest absolute Gasteiger partial charge is 0.237 e. The number of carbonyl (C=O) groups excluding carboxylic acids is 1. The van der Waals surface area contributed by atoms with Gasteiger partial charge >= 0.3 is 0 Å². The maximum Gasteiger partial charge on any atom is 0.237 e. The van der Waals surface area contributed by atoms with E-state index in [-0.39, 0.29) is 11.1 Å². The molecule has 1 amide bonds. The van der Waals surface area contributed by atoms with Gasteiger partial charge in [0.2, 0.25) is 5.91 Å². The van der Waals surface area contributed by atoms with Crippen molar-refractivity contribution in [1.82, 2.24) is 19.7 Å². The standard InChI is InChI=1S/C23H19Cl2N5OS/c1-14-5-7-16(8-6-14)21-28-29-23(30(21)18-11-9-17(24)10-12-18)32-15(2)22(31)27-19-4-3-13-26-20(19)25/h3-13,15H,1-2H3,(H,27,31). The molecule has 1 N–H and O–H groups in total. The van der Waals surface area contributed by atoms with Gasteiger partial charge in [-0.15, -0.1) is 10.2 Å². The van der Waals surface area contributed by atoms with Crippen LogP contribution in [0.25, 0.3) is 17.1 Å².